The van der Waals surface area contributed by atoms with Gasteiger partial charge in [-0.15, -0.1) is 0 Å². The van der Waals surface area contributed by atoms with Crippen molar-refractivity contribution in [3.63, 3.8) is 0 Å². The number of aliphatic hydroxyl groups is 1. The number of carboxylic acids is 1. The fraction of sp³-hybridized carbons (Fsp3) is 0.611. The van der Waals surface area contributed by atoms with Gasteiger partial charge in [-0.1, -0.05) is 37.1 Å². The smallest absolute Gasteiger partial charge is 0.340 e. The van der Waals surface area contributed by atoms with Gasteiger partial charge in [0.1, 0.15) is 0 Å². The molecule has 2 aliphatic rings. The van der Waals surface area contributed by atoms with Gasteiger partial charge in [0.25, 0.3) is 0 Å². The molecule has 1 aliphatic heterocycles. The highest BCUT2D eigenvalue weighted by atomic mass is 16.4. The molecule has 0 aromatic heterocycles. The standard InChI is InChI=1S/C18H25NO3/c1-19-10-9-16(12-19)18(22,17(20)21)15-8-4-7-14(11-15)13-5-2-3-6-13/h4,7-8,11,13,16,22H,2-3,5-6,9-10,12H2,1H3,(H,20,21)/t16-,18+/m0/s1. The zero-order valence-corrected chi connectivity index (χ0v) is 13.2. The summed E-state index contributed by atoms with van der Waals surface area (Å²) >= 11 is 0. The second-order valence-electron chi connectivity index (χ2n) is 6.93. The Hall–Kier alpha value is -1.39. The lowest BCUT2D eigenvalue weighted by molar-refractivity contribution is -0.166. The summed E-state index contributed by atoms with van der Waals surface area (Å²) in [4.78, 5) is 14.0. The number of carboxylic acid groups (broad SMARTS) is 1. The first-order valence-corrected chi connectivity index (χ1v) is 8.26. The Bertz CT molecular complexity index is 553. The van der Waals surface area contributed by atoms with Gasteiger partial charge in [-0.2, -0.15) is 0 Å². The van der Waals surface area contributed by atoms with Gasteiger partial charge in [0.15, 0.2) is 5.60 Å². The summed E-state index contributed by atoms with van der Waals surface area (Å²) in [5.41, 5.74) is -0.0509. The van der Waals surface area contributed by atoms with E-state index in [1.165, 1.54) is 31.2 Å². The first-order chi connectivity index (χ1) is 10.5. The predicted octanol–water partition coefficient (Wildman–Crippen LogP) is 2.57. The molecule has 0 amide bonds. The van der Waals surface area contributed by atoms with Gasteiger partial charge in [0, 0.05) is 12.5 Å². The Morgan fingerprint density at radius 1 is 1.27 bits per heavy atom. The summed E-state index contributed by atoms with van der Waals surface area (Å²) < 4.78 is 0. The van der Waals surface area contributed by atoms with Crippen molar-refractivity contribution in [3.05, 3.63) is 35.4 Å². The molecule has 2 fully saturated rings. The maximum Gasteiger partial charge on any atom is 0.340 e. The molecule has 1 aromatic carbocycles. The van der Waals surface area contributed by atoms with Gasteiger partial charge in [-0.25, -0.2) is 4.79 Å². The molecule has 0 spiro atoms. The van der Waals surface area contributed by atoms with E-state index >= 15 is 0 Å². The third-order valence-corrected chi connectivity index (χ3v) is 5.46. The molecule has 4 nitrogen and oxygen atoms in total. The molecule has 2 atom stereocenters. The van der Waals surface area contributed by atoms with Crippen LogP contribution in [0.5, 0.6) is 0 Å². The van der Waals surface area contributed by atoms with Crippen molar-refractivity contribution in [2.24, 2.45) is 5.92 Å². The van der Waals surface area contributed by atoms with E-state index in [2.05, 4.69) is 11.0 Å². The van der Waals surface area contributed by atoms with Crippen LogP contribution in [0, 0.1) is 5.92 Å². The molecular weight excluding hydrogens is 278 g/mol. The van der Waals surface area contributed by atoms with Gasteiger partial charge >= 0.3 is 5.97 Å². The van der Waals surface area contributed by atoms with Crippen LogP contribution in [0.3, 0.4) is 0 Å². The van der Waals surface area contributed by atoms with Crippen LogP contribution in [0.1, 0.15) is 49.1 Å². The summed E-state index contributed by atoms with van der Waals surface area (Å²) in [6.07, 6.45) is 5.53. The van der Waals surface area contributed by atoms with Crippen LogP contribution >= 0.6 is 0 Å². The zero-order chi connectivity index (χ0) is 15.7. The third kappa shape index (κ3) is 2.66. The number of nitrogens with zero attached hydrogens (tertiary/aromatic N) is 1. The highest BCUT2D eigenvalue weighted by Gasteiger charge is 2.48. The molecule has 0 bridgehead atoms. The van der Waals surface area contributed by atoms with Crippen molar-refractivity contribution in [3.8, 4) is 0 Å². The summed E-state index contributed by atoms with van der Waals surface area (Å²) in [7, 11) is 1.97. The minimum atomic E-state index is -1.78. The molecule has 1 aliphatic carbocycles. The topological polar surface area (TPSA) is 60.8 Å². The van der Waals surface area contributed by atoms with E-state index in [1.54, 1.807) is 6.07 Å². The second-order valence-corrected chi connectivity index (χ2v) is 6.93. The lowest BCUT2D eigenvalue weighted by atomic mass is 9.79. The number of hydrogen-bond acceptors (Lipinski definition) is 3. The molecule has 1 heterocycles. The molecule has 1 saturated carbocycles. The van der Waals surface area contributed by atoms with E-state index in [1.807, 2.05) is 19.2 Å². The fourth-order valence-corrected chi connectivity index (χ4v) is 4.10. The van der Waals surface area contributed by atoms with Crippen LogP contribution < -0.4 is 0 Å². The van der Waals surface area contributed by atoms with Crippen molar-refractivity contribution in [1.82, 2.24) is 4.90 Å². The van der Waals surface area contributed by atoms with E-state index in [9.17, 15) is 15.0 Å². The average Bonchev–Trinajstić information content (AvgIpc) is 3.17. The SMILES string of the molecule is CN1CC[C@H]([C@@](O)(C(=O)O)c2cccc(C3CCCC3)c2)C1. The van der Waals surface area contributed by atoms with Crippen molar-refractivity contribution in [2.45, 2.75) is 43.6 Å². The molecule has 0 radical (unpaired) electrons. The van der Waals surface area contributed by atoms with E-state index in [4.69, 9.17) is 0 Å². The number of likely N-dealkylation sites (tertiary alicyclic amines) is 1. The number of carbonyl (C=O) groups is 1. The van der Waals surface area contributed by atoms with Gasteiger partial charge in [-0.05, 0) is 49.9 Å². The summed E-state index contributed by atoms with van der Waals surface area (Å²) in [5, 5.41) is 20.7. The maximum atomic E-state index is 11.9. The summed E-state index contributed by atoms with van der Waals surface area (Å²) in [5.74, 6) is -0.866. The molecular formula is C18H25NO3. The van der Waals surface area contributed by atoms with E-state index < -0.39 is 11.6 Å². The van der Waals surface area contributed by atoms with E-state index in [-0.39, 0.29) is 5.92 Å². The van der Waals surface area contributed by atoms with Crippen LogP contribution in [0.25, 0.3) is 0 Å². The highest BCUT2D eigenvalue weighted by Crippen LogP contribution is 2.39. The third-order valence-electron chi connectivity index (χ3n) is 5.46. The second kappa shape index (κ2) is 6.01. The maximum absolute atomic E-state index is 11.9. The van der Waals surface area contributed by atoms with Crippen LogP contribution in [0.15, 0.2) is 24.3 Å². The van der Waals surface area contributed by atoms with Gasteiger partial charge in [0.2, 0.25) is 0 Å². The van der Waals surface area contributed by atoms with Gasteiger partial charge < -0.3 is 15.1 Å². The Balaban J connectivity index is 1.94. The van der Waals surface area contributed by atoms with E-state index in [0.717, 1.165) is 6.54 Å². The van der Waals surface area contributed by atoms with Crippen LogP contribution in [-0.2, 0) is 10.4 Å². The monoisotopic (exact) mass is 303 g/mol. The van der Waals surface area contributed by atoms with Crippen LogP contribution in [0.2, 0.25) is 0 Å². The Morgan fingerprint density at radius 2 is 2.00 bits per heavy atom. The number of hydrogen-bond donors (Lipinski definition) is 2. The number of benzene rings is 1. The number of rotatable bonds is 4. The molecule has 120 valence electrons. The Morgan fingerprint density at radius 3 is 2.59 bits per heavy atom. The summed E-state index contributed by atoms with van der Waals surface area (Å²) in [6, 6.07) is 7.67. The number of aliphatic carboxylic acids is 1. The van der Waals surface area contributed by atoms with Crippen LogP contribution in [0.4, 0.5) is 0 Å². The van der Waals surface area contributed by atoms with Crippen molar-refractivity contribution >= 4 is 5.97 Å². The molecule has 1 saturated heterocycles. The normalized spacial score (nSPS) is 26.2. The Kier molecular flexibility index (Phi) is 4.24. The minimum absolute atomic E-state index is 0.256. The van der Waals surface area contributed by atoms with Crippen molar-refractivity contribution in [1.29, 1.82) is 0 Å². The molecule has 1 aromatic rings. The first kappa shape index (κ1) is 15.5. The van der Waals surface area contributed by atoms with E-state index in [0.29, 0.717) is 24.4 Å². The lowest BCUT2D eigenvalue weighted by Crippen LogP contribution is -2.44. The molecule has 0 unspecified atom stereocenters. The van der Waals surface area contributed by atoms with Gasteiger partial charge in [0.05, 0.1) is 0 Å². The Labute approximate surface area is 131 Å². The van der Waals surface area contributed by atoms with Crippen molar-refractivity contribution < 1.29 is 15.0 Å². The van der Waals surface area contributed by atoms with Crippen LogP contribution in [-0.4, -0.2) is 41.2 Å². The minimum Gasteiger partial charge on any atom is -0.479 e. The largest absolute Gasteiger partial charge is 0.479 e. The lowest BCUT2D eigenvalue weighted by Gasteiger charge is -2.31. The van der Waals surface area contributed by atoms with Gasteiger partial charge in [-0.3, -0.25) is 0 Å². The average molecular weight is 303 g/mol. The molecule has 3 rings (SSSR count). The molecule has 22 heavy (non-hydrogen) atoms. The molecule has 4 heteroatoms. The zero-order valence-electron chi connectivity index (χ0n) is 13.2. The first-order valence-electron chi connectivity index (χ1n) is 8.26. The fourth-order valence-electron chi connectivity index (χ4n) is 4.10. The van der Waals surface area contributed by atoms with Crippen molar-refractivity contribution in [2.75, 3.05) is 20.1 Å². The predicted molar refractivity (Wildman–Crippen MR) is 84.8 cm³/mol. The quantitative estimate of drug-likeness (QED) is 0.897. The summed E-state index contributed by atoms with van der Waals surface area (Å²) in [6.45, 7) is 1.46. The molecule has 2 N–H and O–H groups in total. The highest BCUT2D eigenvalue weighted by molar-refractivity contribution is 5.79.